The fourth-order valence-corrected chi connectivity index (χ4v) is 3.69. The fourth-order valence-electron chi connectivity index (χ4n) is 1.85. The average molecular weight is 254 g/mol. The fraction of sp³-hybridized carbons (Fsp3) is 0.417. The molecule has 1 aromatic carbocycles. The Balaban J connectivity index is 1.86. The highest BCUT2D eigenvalue weighted by atomic mass is 32.2. The Kier molecular flexibility index (Phi) is 3.47. The van der Waals surface area contributed by atoms with E-state index in [1.807, 2.05) is 6.07 Å². The van der Waals surface area contributed by atoms with Gasteiger partial charge in [-0.05, 0) is 18.6 Å². The molecule has 0 saturated carbocycles. The molecule has 1 saturated heterocycles. The van der Waals surface area contributed by atoms with Gasteiger partial charge in [0.05, 0.1) is 23.7 Å². The molecule has 0 aromatic heterocycles. The summed E-state index contributed by atoms with van der Waals surface area (Å²) in [6.07, 6.45) is 0.588. The molecule has 1 heterocycles. The number of carbonyl (C=O) groups is 1. The zero-order valence-corrected chi connectivity index (χ0v) is 10.2. The summed E-state index contributed by atoms with van der Waals surface area (Å²) in [7, 11) is -2.90. The van der Waals surface area contributed by atoms with Gasteiger partial charge in [0, 0.05) is 5.92 Å². The van der Waals surface area contributed by atoms with E-state index >= 15 is 0 Å². The molecular formula is C12H14O4S. The van der Waals surface area contributed by atoms with Crippen LogP contribution >= 0.6 is 0 Å². The minimum Gasteiger partial charge on any atom is -0.462 e. The Bertz CT molecular complexity index is 492. The summed E-state index contributed by atoms with van der Waals surface area (Å²) in [4.78, 5) is 11.6. The maximum atomic E-state index is 11.6. The van der Waals surface area contributed by atoms with E-state index in [4.69, 9.17) is 4.74 Å². The summed E-state index contributed by atoms with van der Waals surface area (Å²) in [5, 5.41) is 0. The molecule has 1 unspecified atom stereocenters. The normalized spacial score (nSPS) is 22.2. The summed E-state index contributed by atoms with van der Waals surface area (Å²) in [6, 6.07) is 8.69. The Hall–Kier alpha value is -1.36. The maximum Gasteiger partial charge on any atom is 0.338 e. The van der Waals surface area contributed by atoms with Crippen LogP contribution < -0.4 is 0 Å². The van der Waals surface area contributed by atoms with Crippen LogP contribution in [0.25, 0.3) is 0 Å². The molecule has 0 aliphatic carbocycles. The first-order chi connectivity index (χ1) is 8.07. The molecule has 92 valence electrons. The molecule has 0 amide bonds. The van der Waals surface area contributed by atoms with E-state index < -0.39 is 15.8 Å². The average Bonchev–Trinajstić information content (AvgIpc) is 2.67. The van der Waals surface area contributed by atoms with Crippen molar-refractivity contribution in [1.29, 1.82) is 0 Å². The molecule has 17 heavy (non-hydrogen) atoms. The summed E-state index contributed by atoms with van der Waals surface area (Å²) < 4.78 is 27.5. The predicted molar refractivity (Wildman–Crippen MR) is 63.5 cm³/mol. The molecule has 1 fully saturated rings. The number of carbonyl (C=O) groups excluding carboxylic acids is 1. The van der Waals surface area contributed by atoms with Crippen molar-refractivity contribution in [2.24, 2.45) is 5.92 Å². The quantitative estimate of drug-likeness (QED) is 0.762. The van der Waals surface area contributed by atoms with Gasteiger partial charge >= 0.3 is 5.97 Å². The van der Waals surface area contributed by atoms with E-state index in [1.165, 1.54) is 0 Å². The SMILES string of the molecule is O=C(OCC1CCS(=O)(=O)C1)c1ccccc1. The second-order valence-corrected chi connectivity index (χ2v) is 6.46. The number of sulfone groups is 1. The summed E-state index contributed by atoms with van der Waals surface area (Å²) in [6.45, 7) is 0.187. The smallest absolute Gasteiger partial charge is 0.338 e. The standard InChI is InChI=1S/C12H14O4S/c13-12(11-4-2-1-3-5-11)16-8-10-6-7-17(14,15)9-10/h1-5,10H,6-9H2. The van der Waals surface area contributed by atoms with Crippen LogP contribution in [0.1, 0.15) is 16.8 Å². The van der Waals surface area contributed by atoms with E-state index in [2.05, 4.69) is 0 Å². The molecular weight excluding hydrogens is 240 g/mol. The van der Waals surface area contributed by atoms with Gasteiger partial charge < -0.3 is 4.74 Å². The van der Waals surface area contributed by atoms with Crippen LogP contribution in [0, 0.1) is 5.92 Å². The van der Waals surface area contributed by atoms with Crippen LogP contribution in [0.2, 0.25) is 0 Å². The lowest BCUT2D eigenvalue weighted by Gasteiger charge is -2.08. The molecule has 1 atom stereocenters. The lowest BCUT2D eigenvalue weighted by atomic mass is 10.1. The van der Waals surface area contributed by atoms with Gasteiger partial charge in [-0.15, -0.1) is 0 Å². The molecule has 4 nitrogen and oxygen atoms in total. The van der Waals surface area contributed by atoms with Gasteiger partial charge in [-0.1, -0.05) is 18.2 Å². The zero-order valence-electron chi connectivity index (χ0n) is 9.33. The predicted octanol–water partition coefficient (Wildman–Crippen LogP) is 1.28. The Morgan fingerprint density at radius 1 is 1.29 bits per heavy atom. The van der Waals surface area contributed by atoms with Gasteiger partial charge in [-0.3, -0.25) is 0 Å². The lowest BCUT2D eigenvalue weighted by molar-refractivity contribution is 0.0453. The van der Waals surface area contributed by atoms with E-state index in [1.54, 1.807) is 24.3 Å². The second-order valence-electron chi connectivity index (χ2n) is 4.23. The monoisotopic (exact) mass is 254 g/mol. The molecule has 0 radical (unpaired) electrons. The number of hydrogen-bond donors (Lipinski definition) is 0. The molecule has 1 aromatic rings. The van der Waals surface area contributed by atoms with Gasteiger partial charge in [0.25, 0.3) is 0 Å². The van der Waals surface area contributed by atoms with Gasteiger partial charge in [-0.2, -0.15) is 0 Å². The van der Waals surface area contributed by atoms with Crippen LogP contribution in [-0.4, -0.2) is 32.5 Å². The van der Waals surface area contributed by atoms with Crippen molar-refractivity contribution in [3.63, 3.8) is 0 Å². The van der Waals surface area contributed by atoms with Crippen molar-refractivity contribution in [3.05, 3.63) is 35.9 Å². The van der Waals surface area contributed by atoms with Crippen molar-refractivity contribution >= 4 is 15.8 Å². The number of benzene rings is 1. The molecule has 1 aliphatic rings. The van der Waals surface area contributed by atoms with Gasteiger partial charge in [-0.25, -0.2) is 13.2 Å². The van der Waals surface area contributed by atoms with Crippen molar-refractivity contribution < 1.29 is 17.9 Å². The van der Waals surface area contributed by atoms with Crippen molar-refractivity contribution in [2.45, 2.75) is 6.42 Å². The highest BCUT2D eigenvalue weighted by Gasteiger charge is 2.28. The number of rotatable bonds is 3. The third kappa shape index (κ3) is 3.30. The third-order valence-corrected chi connectivity index (χ3v) is 4.62. The van der Waals surface area contributed by atoms with E-state index in [0.717, 1.165) is 0 Å². The Morgan fingerprint density at radius 3 is 2.59 bits per heavy atom. The summed E-state index contributed by atoms with van der Waals surface area (Å²) in [5.74, 6) is -0.0992. The van der Waals surface area contributed by atoms with Crippen LogP contribution in [0.4, 0.5) is 0 Å². The number of esters is 1. The Labute approximate surface area is 101 Å². The molecule has 0 bridgehead atoms. The second kappa shape index (κ2) is 4.87. The summed E-state index contributed by atoms with van der Waals surface area (Å²) >= 11 is 0. The van der Waals surface area contributed by atoms with Crippen molar-refractivity contribution in [1.82, 2.24) is 0 Å². The van der Waals surface area contributed by atoms with Crippen LogP contribution in [0.5, 0.6) is 0 Å². The minimum absolute atomic E-state index is 0.0485. The van der Waals surface area contributed by atoms with E-state index in [0.29, 0.717) is 12.0 Å². The molecule has 0 N–H and O–H groups in total. The van der Waals surface area contributed by atoms with Gasteiger partial charge in [0.1, 0.15) is 0 Å². The van der Waals surface area contributed by atoms with Crippen LogP contribution in [0.15, 0.2) is 30.3 Å². The van der Waals surface area contributed by atoms with E-state index in [9.17, 15) is 13.2 Å². The van der Waals surface area contributed by atoms with Gasteiger partial charge in [0.15, 0.2) is 9.84 Å². The van der Waals surface area contributed by atoms with Crippen molar-refractivity contribution in [2.75, 3.05) is 18.1 Å². The molecule has 1 aliphatic heterocycles. The molecule has 0 spiro atoms. The number of hydrogen-bond acceptors (Lipinski definition) is 4. The largest absolute Gasteiger partial charge is 0.462 e. The minimum atomic E-state index is -2.90. The Morgan fingerprint density at radius 2 is 2.00 bits per heavy atom. The molecule has 2 rings (SSSR count). The van der Waals surface area contributed by atoms with Crippen molar-refractivity contribution in [3.8, 4) is 0 Å². The first kappa shape index (κ1) is 12.1. The topological polar surface area (TPSA) is 60.4 Å². The molecule has 5 heteroatoms. The first-order valence-electron chi connectivity index (χ1n) is 5.49. The zero-order chi connectivity index (χ0) is 12.3. The first-order valence-corrected chi connectivity index (χ1v) is 7.31. The van der Waals surface area contributed by atoms with Crippen LogP contribution in [0.3, 0.4) is 0 Å². The highest BCUT2D eigenvalue weighted by molar-refractivity contribution is 7.91. The lowest BCUT2D eigenvalue weighted by Crippen LogP contribution is -2.15. The summed E-state index contributed by atoms with van der Waals surface area (Å²) in [5.41, 5.74) is 0.494. The third-order valence-electron chi connectivity index (χ3n) is 2.79. The van der Waals surface area contributed by atoms with E-state index in [-0.39, 0.29) is 24.0 Å². The maximum absolute atomic E-state index is 11.6. The highest BCUT2D eigenvalue weighted by Crippen LogP contribution is 2.18. The number of ether oxygens (including phenoxy) is 1. The van der Waals surface area contributed by atoms with Crippen LogP contribution in [-0.2, 0) is 14.6 Å². The van der Waals surface area contributed by atoms with Gasteiger partial charge in [0.2, 0.25) is 0 Å².